The third kappa shape index (κ3) is 3.21. The van der Waals surface area contributed by atoms with Gasteiger partial charge in [-0.05, 0) is 25.0 Å². The fourth-order valence-corrected chi connectivity index (χ4v) is 1.80. The molecule has 0 spiro atoms. The minimum atomic E-state index is -2.17. The van der Waals surface area contributed by atoms with Crippen LogP contribution in [0, 0.1) is 0 Å². The zero-order valence-corrected chi connectivity index (χ0v) is 10.4. The van der Waals surface area contributed by atoms with Gasteiger partial charge in [0.15, 0.2) is 0 Å². The van der Waals surface area contributed by atoms with Gasteiger partial charge in [0, 0.05) is 18.2 Å². The first kappa shape index (κ1) is 13.3. The molecule has 1 unspecified atom stereocenters. The number of alkyl halides is 1. The Kier molecular flexibility index (Phi) is 3.99. The third-order valence-corrected chi connectivity index (χ3v) is 2.69. The number of rotatable bonds is 4. The van der Waals surface area contributed by atoms with Crippen LogP contribution in [0.15, 0.2) is 18.2 Å². The molecule has 1 aromatic carbocycles. The van der Waals surface area contributed by atoms with Crippen molar-refractivity contribution in [3.63, 3.8) is 0 Å². The summed E-state index contributed by atoms with van der Waals surface area (Å²) in [5.74, 6) is -0.988. The van der Waals surface area contributed by atoms with Crippen molar-refractivity contribution in [3.05, 3.63) is 23.8 Å². The molecule has 0 fully saturated rings. The SMILES string of the molecule is CCOC(=O)C(F)Oc1ccc2c(c1)NC(=O)CC2. The van der Waals surface area contributed by atoms with Gasteiger partial charge in [-0.15, -0.1) is 0 Å². The van der Waals surface area contributed by atoms with E-state index in [1.807, 2.05) is 0 Å². The second-order valence-electron chi connectivity index (χ2n) is 4.05. The van der Waals surface area contributed by atoms with E-state index in [-0.39, 0.29) is 18.3 Å². The summed E-state index contributed by atoms with van der Waals surface area (Å²) in [5, 5.41) is 2.67. The molecule has 1 aliphatic rings. The minimum Gasteiger partial charge on any atom is -0.461 e. The highest BCUT2D eigenvalue weighted by atomic mass is 19.1. The predicted molar refractivity (Wildman–Crippen MR) is 65.5 cm³/mol. The number of aryl methyl sites for hydroxylation is 1. The highest BCUT2D eigenvalue weighted by Crippen LogP contribution is 2.27. The molecule has 1 amide bonds. The Labute approximate surface area is 109 Å². The van der Waals surface area contributed by atoms with Gasteiger partial charge in [0.2, 0.25) is 5.91 Å². The van der Waals surface area contributed by atoms with E-state index in [1.54, 1.807) is 19.1 Å². The molecule has 1 aromatic rings. The van der Waals surface area contributed by atoms with Gasteiger partial charge in [-0.1, -0.05) is 6.07 Å². The van der Waals surface area contributed by atoms with Crippen LogP contribution in [0.1, 0.15) is 18.9 Å². The fraction of sp³-hybridized carbons (Fsp3) is 0.385. The molecular weight excluding hydrogens is 253 g/mol. The zero-order chi connectivity index (χ0) is 13.8. The Hall–Kier alpha value is -2.11. The van der Waals surface area contributed by atoms with Crippen LogP contribution < -0.4 is 10.1 Å². The first-order valence-corrected chi connectivity index (χ1v) is 6.00. The summed E-state index contributed by atoms with van der Waals surface area (Å²) < 4.78 is 22.7. The van der Waals surface area contributed by atoms with Crippen molar-refractivity contribution in [2.24, 2.45) is 0 Å². The zero-order valence-electron chi connectivity index (χ0n) is 10.4. The summed E-state index contributed by atoms with van der Waals surface area (Å²) >= 11 is 0. The van der Waals surface area contributed by atoms with Crippen LogP contribution >= 0.6 is 0 Å². The van der Waals surface area contributed by atoms with Crippen molar-refractivity contribution < 1.29 is 23.5 Å². The number of halogens is 1. The van der Waals surface area contributed by atoms with Crippen LogP contribution in [0.25, 0.3) is 0 Å². The maximum absolute atomic E-state index is 13.4. The number of benzene rings is 1. The molecule has 6 heteroatoms. The molecular formula is C13H14FNO4. The lowest BCUT2D eigenvalue weighted by atomic mass is 10.0. The number of hydrogen-bond donors (Lipinski definition) is 1. The molecule has 1 N–H and O–H groups in total. The summed E-state index contributed by atoms with van der Waals surface area (Å²) in [6.45, 7) is 1.67. The summed E-state index contributed by atoms with van der Waals surface area (Å²) in [6, 6.07) is 4.79. The molecule has 0 saturated heterocycles. The Morgan fingerprint density at radius 2 is 2.26 bits per heavy atom. The predicted octanol–water partition coefficient (Wildman–Crippen LogP) is 1.81. The standard InChI is InChI=1S/C13H14FNO4/c1-2-18-13(17)12(14)19-9-5-3-8-4-6-11(16)15-10(8)7-9/h3,5,7,12H,2,4,6H2,1H3,(H,15,16). The summed E-state index contributed by atoms with van der Waals surface area (Å²) in [6.07, 6.45) is -1.10. The van der Waals surface area contributed by atoms with E-state index in [1.165, 1.54) is 6.07 Å². The topological polar surface area (TPSA) is 64.6 Å². The lowest BCUT2D eigenvalue weighted by Crippen LogP contribution is -2.25. The minimum absolute atomic E-state index is 0.0862. The quantitative estimate of drug-likeness (QED) is 0.845. The van der Waals surface area contributed by atoms with Crippen LogP contribution in [0.3, 0.4) is 0 Å². The second-order valence-corrected chi connectivity index (χ2v) is 4.05. The molecule has 0 bridgehead atoms. The highest BCUT2D eigenvalue weighted by Gasteiger charge is 2.21. The summed E-state index contributed by atoms with van der Waals surface area (Å²) in [4.78, 5) is 22.3. The van der Waals surface area contributed by atoms with E-state index in [0.717, 1.165) is 5.56 Å². The fourth-order valence-electron chi connectivity index (χ4n) is 1.80. The number of carbonyl (C=O) groups excluding carboxylic acids is 2. The van der Waals surface area contributed by atoms with Crippen LogP contribution in [0.2, 0.25) is 0 Å². The first-order valence-electron chi connectivity index (χ1n) is 6.00. The largest absolute Gasteiger partial charge is 0.461 e. The van der Waals surface area contributed by atoms with Crippen LogP contribution in [-0.2, 0) is 20.7 Å². The van der Waals surface area contributed by atoms with E-state index in [0.29, 0.717) is 18.5 Å². The Balaban J connectivity index is 2.07. The van der Waals surface area contributed by atoms with Gasteiger partial charge in [-0.3, -0.25) is 4.79 Å². The molecule has 19 heavy (non-hydrogen) atoms. The molecule has 2 rings (SSSR count). The van der Waals surface area contributed by atoms with E-state index >= 15 is 0 Å². The van der Waals surface area contributed by atoms with Crippen molar-refractivity contribution >= 4 is 17.6 Å². The van der Waals surface area contributed by atoms with Gasteiger partial charge >= 0.3 is 12.3 Å². The normalized spacial score (nSPS) is 15.2. The maximum Gasteiger partial charge on any atom is 0.381 e. The molecule has 5 nitrogen and oxygen atoms in total. The van der Waals surface area contributed by atoms with Gasteiger partial charge in [0.05, 0.1) is 6.61 Å². The highest BCUT2D eigenvalue weighted by molar-refractivity contribution is 5.94. The van der Waals surface area contributed by atoms with E-state index < -0.39 is 12.3 Å². The molecule has 0 aromatic heterocycles. The van der Waals surface area contributed by atoms with Gasteiger partial charge in [0.25, 0.3) is 0 Å². The van der Waals surface area contributed by atoms with E-state index in [2.05, 4.69) is 10.1 Å². The van der Waals surface area contributed by atoms with Crippen LogP contribution in [0.5, 0.6) is 5.75 Å². The smallest absolute Gasteiger partial charge is 0.381 e. The Morgan fingerprint density at radius 1 is 1.47 bits per heavy atom. The number of esters is 1. The second kappa shape index (κ2) is 5.69. The van der Waals surface area contributed by atoms with Gasteiger partial charge in [-0.2, -0.15) is 4.39 Å². The van der Waals surface area contributed by atoms with Gasteiger partial charge in [-0.25, -0.2) is 4.79 Å². The van der Waals surface area contributed by atoms with E-state index in [4.69, 9.17) is 4.74 Å². The van der Waals surface area contributed by atoms with Gasteiger partial charge < -0.3 is 14.8 Å². The molecule has 0 radical (unpaired) electrons. The van der Waals surface area contributed by atoms with Crippen molar-refractivity contribution in [1.82, 2.24) is 0 Å². The molecule has 0 aliphatic carbocycles. The molecule has 1 atom stereocenters. The molecule has 1 aliphatic heterocycles. The number of nitrogens with one attached hydrogen (secondary N) is 1. The van der Waals surface area contributed by atoms with E-state index in [9.17, 15) is 14.0 Å². The Morgan fingerprint density at radius 3 is 3.00 bits per heavy atom. The summed E-state index contributed by atoms with van der Waals surface area (Å²) in [5.41, 5.74) is 1.54. The lowest BCUT2D eigenvalue weighted by Gasteiger charge is -2.18. The number of hydrogen-bond acceptors (Lipinski definition) is 4. The average molecular weight is 267 g/mol. The average Bonchev–Trinajstić information content (AvgIpc) is 2.38. The van der Waals surface area contributed by atoms with Crippen LogP contribution in [-0.4, -0.2) is 24.8 Å². The van der Waals surface area contributed by atoms with Crippen molar-refractivity contribution in [1.29, 1.82) is 0 Å². The number of amides is 1. The number of fused-ring (bicyclic) bond motifs is 1. The summed E-state index contributed by atoms with van der Waals surface area (Å²) in [7, 11) is 0. The number of carbonyl (C=O) groups is 2. The van der Waals surface area contributed by atoms with Gasteiger partial charge in [0.1, 0.15) is 5.75 Å². The Bertz CT molecular complexity index is 503. The lowest BCUT2D eigenvalue weighted by molar-refractivity contribution is -0.159. The third-order valence-electron chi connectivity index (χ3n) is 2.69. The number of anilines is 1. The molecule has 0 saturated carbocycles. The molecule has 1 heterocycles. The number of ether oxygens (including phenoxy) is 2. The van der Waals surface area contributed by atoms with Crippen molar-refractivity contribution in [2.75, 3.05) is 11.9 Å². The van der Waals surface area contributed by atoms with Crippen LogP contribution in [0.4, 0.5) is 10.1 Å². The maximum atomic E-state index is 13.4. The monoisotopic (exact) mass is 267 g/mol. The first-order chi connectivity index (χ1) is 9.10. The molecule has 102 valence electrons. The van der Waals surface area contributed by atoms with Crippen molar-refractivity contribution in [2.45, 2.75) is 26.1 Å². The van der Waals surface area contributed by atoms with Crippen molar-refractivity contribution in [3.8, 4) is 5.75 Å².